The maximum absolute atomic E-state index is 5.78. The van der Waals surface area contributed by atoms with Crippen LogP contribution in [0.4, 0.5) is 0 Å². The molecule has 76 valence electrons. The molecule has 3 nitrogen and oxygen atoms in total. The SMILES string of the molecule is c1ccc(OC2CCCNCC2)nc1. The summed E-state index contributed by atoms with van der Waals surface area (Å²) >= 11 is 0. The van der Waals surface area contributed by atoms with Crippen molar-refractivity contribution in [1.29, 1.82) is 0 Å². The van der Waals surface area contributed by atoms with Crippen molar-refractivity contribution < 1.29 is 4.74 Å². The molecule has 1 fully saturated rings. The molecule has 0 aliphatic carbocycles. The molecule has 1 aromatic heterocycles. The molecular formula is C11H16N2O. The topological polar surface area (TPSA) is 34.1 Å². The van der Waals surface area contributed by atoms with Crippen molar-refractivity contribution >= 4 is 0 Å². The van der Waals surface area contributed by atoms with Crippen LogP contribution in [0.5, 0.6) is 5.88 Å². The summed E-state index contributed by atoms with van der Waals surface area (Å²) in [7, 11) is 0. The molecule has 1 aliphatic heterocycles. The van der Waals surface area contributed by atoms with E-state index in [1.54, 1.807) is 6.20 Å². The first-order valence-electron chi connectivity index (χ1n) is 5.23. The first-order chi connectivity index (χ1) is 6.95. The second-order valence-corrected chi connectivity index (χ2v) is 3.59. The molecule has 0 radical (unpaired) electrons. The van der Waals surface area contributed by atoms with E-state index in [4.69, 9.17) is 4.74 Å². The maximum atomic E-state index is 5.78. The fourth-order valence-electron chi connectivity index (χ4n) is 1.69. The Balaban J connectivity index is 1.90. The van der Waals surface area contributed by atoms with E-state index in [9.17, 15) is 0 Å². The molecule has 2 heterocycles. The fraction of sp³-hybridized carbons (Fsp3) is 0.545. The van der Waals surface area contributed by atoms with Crippen molar-refractivity contribution in [2.75, 3.05) is 13.1 Å². The molecule has 1 atom stereocenters. The van der Waals surface area contributed by atoms with E-state index in [-0.39, 0.29) is 0 Å². The summed E-state index contributed by atoms with van der Waals surface area (Å²) in [6.45, 7) is 2.17. The van der Waals surface area contributed by atoms with Gasteiger partial charge in [0.2, 0.25) is 5.88 Å². The lowest BCUT2D eigenvalue weighted by atomic mass is 10.2. The third-order valence-corrected chi connectivity index (χ3v) is 2.45. The number of nitrogens with zero attached hydrogens (tertiary/aromatic N) is 1. The Labute approximate surface area is 84.5 Å². The highest BCUT2D eigenvalue weighted by Gasteiger charge is 2.13. The van der Waals surface area contributed by atoms with Gasteiger partial charge in [-0.2, -0.15) is 0 Å². The minimum absolute atomic E-state index is 0.333. The van der Waals surface area contributed by atoms with Crippen molar-refractivity contribution in [1.82, 2.24) is 10.3 Å². The van der Waals surface area contributed by atoms with E-state index in [1.807, 2.05) is 18.2 Å². The average Bonchev–Trinajstić information content (AvgIpc) is 2.48. The van der Waals surface area contributed by atoms with Crippen LogP contribution in [0.3, 0.4) is 0 Å². The molecule has 1 unspecified atom stereocenters. The number of nitrogens with one attached hydrogen (secondary N) is 1. The summed E-state index contributed by atoms with van der Waals surface area (Å²) in [4.78, 5) is 4.16. The summed E-state index contributed by atoms with van der Waals surface area (Å²) in [5.74, 6) is 0.749. The zero-order chi connectivity index (χ0) is 9.64. The van der Waals surface area contributed by atoms with Crippen LogP contribution in [-0.2, 0) is 0 Å². The lowest BCUT2D eigenvalue weighted by molar-refractivity contribution is 0.180. The molecule has 1 aromatic rings. The van der Waals surface area contributed by atoms with Crippen LogP contribution in [0.2, 0.25) is 0 Å². The van der Waals surface area contributed by atoms with Crippen molar-refractivity contribution in [2.24, 2.45) is 0 Å². The van der Waals surface area contributed by atoms with Gasteiger partial charge in [0.25, 0.3) is 0 Å². The van der Waals surface area contributed by atoms with Gasteiger partial charge in [-0.25, -0.2) is 4.98 Å². The lowest BCUT2D eigenvalue weighted by Crippen LogP contribution is -2.19. The average molecular weight is 192 g/mol. The molecule has 3 heteroatoms. The third kappa shape index (κ3) is 2.70. The van der Waals surface area contributed by atoms with Gasteiger partial charge in [0.1, 0.15) is 6.10 Å². The maximum Gasteiger partial charge on any atom is 0.213 e. The van der Waals surface area contributed by atoms with Gasteiger partial charge in [-0.3, -0.25) is 0 Å². The van der Waals surface area contributed by atoms with E-state index in [1.165, 1.54) is 6.42 Å². The van der Waals surface area contributed by atoms with Gasteiger partial charge in [-0.05, 0) is 38.4 Å². The van der Waals surface area contributed by atoms with Gasteiger partial charge in [0.15, 0.2) is 0 Å². The number of pyridine rings is 1. The number of hydrogen-bond donors (Lipinski definition) is 1. The zero-order valence-electron chi connectivity index (χ0n) is 8.28. The molecule has 0 amide bonds. The van der Waals surface area contributed by atoms with Crippen LogP contribution in [0, 0.1) is 0 Å². The normalized spacial score (nSPS) is 22.7. The minimum atomic E-state index is 0.333. The van der Waals surface area contributed by atoms with E-state index in [2.05, 4.69) is 10.3 Å². The van der Waals surface area contributed by atoms with Crippen LogP contribution in [0.25, 0.3) is 0 Å². The molecule has 0 bridgehead atoms. The van der Waals surface area contributed by atoms with Crippen LogP contribution in [0.15, 0.2) is 24.4 Å². The van der Waals surface area contributed by atoms with Crippen molar-refractivity contribution in [3.05, 3.63) is 24.4 Å². The molecule has 14 heavy (non-hydrogen) atoms. The Bertz CT molecular complexity index is 255. The fourth-order valence-corrected chi connectivity index (χ4v) is 1.69. The van der Waals surface area contributed by atoms with Gasteiger partial charge in [-0.15, -0.1) is 0 Å². The van der Waals surface area contributed by atoms with Crippen molar-refractivity contribution in [3.63, 3.8) is 0 Å². The molecule has 0 spiro atoms. The Morgan fingerprint density at radius 3 is 3.14 bits per heavy atom. The number of aromatic nitrogens is 1. The highest BCUT2D eigenvalue weighted by atomic mass is 16.5. The zero-order valence-corrected chi connectivity index (χ0v) is 8.28. The van der Waals surface area contributed by atoms with E-state index < -0.39 is 0 Å². The lowest BCUT2D eigenvalue weighted by Gasteiger charge is -2.15. The van der Waals surface area contributed by atoms with Crippen LogP contribution in [-0.4, -0.2) is 24.2 Å². The standard InChI is InChI=1S/C11H16N2O/c1-2-8-13-11(5-1)14-10-4-3-7-12-9-6-10/h1-2,5,8,10,12H,3-4,6-7,9H2. The molecular weight excluding hydrogens is 176 g/mol. The monoisotopic (exact) mass is 192 g/mol. The predicted octanol–water partition coefficient (Wildman–Crippen LogP) is 1.60. The van der Waals surface area contributed by atoms with Gasteiger partial charge >= 0.3 is 0 Å². The molecule has 2 rings (SSSR count). The summed E-state index contributed by atoms with van der Waals surface area (Å²) in [5.41, 5.74) is 0. The number of rotatable bonds is 2. The second-order valence-electron chi connectivity index (χ2n) is 3.59. The molecule has 1 saturated heterocycles. The quantitative estimate of drug-likeness (QED) is 0.773. The Morgan fingerprint density at radius 1 is 1.29 bits per heavy atom. The first kappa shape index (κ1) is 9.46. The number of hydrogen-bond acceptors (Lipinski definition) is 3. The molecule has 0 aromatic carbocycles. The summed E-state index contributed by atoms with van der Waals surface area (Å²) in [6, 6.07) is 5.77. The van der Waals surface area contributed by atoms with Crippen LogP contribution >= 0.6 is 0 Å². The Hall–Kier alpha value is -1.09. The molecule has 1 aliphatic rings. The highest BCUT2D eigenvalue weighted by Crippen LogP contribution is 2.13. The van der Waals surface area contributed by atoms with E-state index in [0.717, 1.165) is 31.8 Å². The Kier molecular flexibility index (Phi) is 3.35. The van der Waals surface area contributed by atoms with Gasteiger partial charge in [0, 0.05) is 12.3 Å². The van der Waals surface area contributed by atoms with Gasteiger partial charge < -0.3 is 10.1 Å². The highest BCUT2D eigenvalue weighted by molar-refractivity contribution is 5.09. The van der Waals surface area contributed by atoms with E-state index in [0.29, 0.717) is 6.10 Å². The van der Waals surface area contributed by atoms with Crippen LogP contribution in [0.1, 0.15) is 19.3 Å². The van der Waals surface area contributed by atoms with Gasteiger partial charge in [0.05, 0.1) is 0 Å². The smallest absolute Gasteiger partial charge is 0.213 e. The van der Waals surface area contributed by atoms with Gasteiger partial charge in [-0.1, -0.05) is 6.07 Å². The van der Waals surface area contributed by atoms with Crippen molar-refractivity contribution in [3.8, 4) is 5.88 Å². The third-order valence-electron chi connectivity index (χ3n) is 2.45. The van der Waals surface area contributed by atoms with Crippen molar-refractivity contribution in [2.45, 2.75) is 25.4 Å². The largest absolute Gasteiger partial charge is 0.474 e. The minimum Gasteiger partial charge on any atom is -0.474 e. The Morgan fingerprint density at radius 2 is 2.29 bits per heavy atom. The summed E-state index contributed by atoms with van der Waals surface area (Å²) < 4.78 is 5.78. The van der Waals surface area contributed by atoms with Crippen LogP contribution < -0.4 is 10.1 Å². The molecule has 0 saturated carbocycles. The summed E-state index contributed by atoms with van der Waals surface area (Å²) in [6.07, 6.45) is 5.50. The second kappa shape index (κ2) is 4.96. The number of ether oxygens (including phenoxy) is 1. The molecule has 1 N–H and O–H groups in total. The van der Waals surface area contributed by atoms with E-state index >= 15 is 0 Å². The predicted molar refractivity (Wildman–Crippen MR) is 55.4 cm³/mol. The first-order valence-corrected chi connectivity index (χ1v) is 5.23. The summed E-state index contributed by atoms with van der Waals surface area (Å²) in [5, 5.41) is 3.36.